The Balaban J connectivity index is 2.25. The van der Waals surface area contributed by atoms with Gasteiger partial charge in [-0.25, -0.2) is 4.39 Å². The predicted molar refractivity (Wildman–Crippen MR) is 79.3 cm³/mol. The Morgan fingerprint density at radius 2 is 2.10 bits per heavy atom. The molecule has 0 bridgehead atoms. The highest BCUT2D eigenvalue weighted by Crippen LogP contribution is 2.39. The topological polar surface area (TPSA) is 64.9 Å². The number of aromatic nitrogens is 2. The fraction of sp³-hybridized carbons (Fsp3) is 0.0667. The van der Waals surface area contributed by atoms with E-state index < -0.39 is 5.82 Å². The van der Waals surface area contributed by atoms with Crippen molar-refractivity contribution in [2.45, 2.75) is 6.92 Å². The normalized spacial score (nSPS) is 10.8. The molecule has 0 saturated carbocycles. The molecule has 6 heteroatoms. The number of halogens is 2. The Labute approximate surface area is 125 Å². The maximum absolute atomic E-state index is 14.2. The van der Waals surface area contributed by atoms with Gasteiger partial charge in [0, 0.05) is 23.5 Å². The molecular weight excluding hydrogens is 293 g/mol. The number of benzene rings is 1. The van der Waals surface area contributed by atoms with Gasteiger partial charge in [-0.1, -0.05) is 28.9 Å². The van der Waals surface area contributed by atoms with Crippen LogP contribution in [0.3, 0.4) is 0 Å². The summed E-state index contributed by atoms with van der Waals surface area (Å²) in [6.45, 7) is 1.90. The maximum atomic E-state index is 14.2. The molecule has 0 amide bonds. The highest BCUT2D eigenvalue weighted by molar-refractivity contribution is 6.31. The summed E-state index contributed by atoms with van der Waals surface area (Å²) in [6.07, 6.45) is 3.32. The zero-order valence-corrected chi connectivity index (χ0v) is 11.9. The molecule has 0 atom stereocenters. The maximum Gasteiger partial charge on any atom is 0.178 e. The van der Waals surface area contributed by atoms with E-state index in [1.54, 1.807) is 24.5 Å². The summed E-state index contributed by atoms with van der Waals surface area (Å²) >= 11 is 5.83. The highest BCUT2D eigenvalue weighted by Gasteiger charge is 2.21. The van der Waals surface area contributed by atoms with Gasteiger partial charge in [0.15, 0.2) is 11.6 Å². The van der Waals surface area contributed by atoms with Gasteiger partial charge in [0.1, 0.15) is 5.82 Å². The number of hydrogen-bond acceptors (Lipinski definition) is 4. The fourth-order valence-corrected chi connectivity index (χ4v) is 2.31. The van der Waals surface area contributed by atoms with Crippen LogP contribution in [0, 0.1) is 12.7 Å². The summed E-state index contributed by atoms with van der Waals surface area (Å²) in [6, 6.07) is 6.55. The molecule has 0 aliphatic heterocycles. The summed E-state index contributed by atoms with van der Waals surface area (Å²) in [7, 11) is 0. The predicted octanol–water partition coefficient (Wildman–Crippen LogP) is 4.09. The van der Waals surface area contributed by atoms with E-state index >= 15 is 0 Å². The Morgan fingerprint density at radius 3 is 2.86 bits per heavy atom. The zero-order valence-electron chi connectivity index (χ0n) is 11.1. The molecule has 2 N–H and O–H groups in total. The minimum Gasteiger partial charge on any atom is -0.380 e. The lowest BCUT2D eigenvalue weighted by Gasteiger charge is -2.05. The number of pyridine rings is 1. The van der Waals surface area contributed by atoms with E-state index in [9.17, 15) is 4.39 Å². The molecule has 0 spiro atoms. The second-order valence-corrected chi connectivity index (χ2v) is 5.03. The van der Waals surface area contributed by atoms with Crippen molar-refractivity contribution in [1.29, 1.82) is 0 Å². The molecule has 2 heterocycles. The quantitative estimate of drug-likeness (QED) is 0.774. The Kier molecular flexibility index (Phi) is 3.35. The molecule has 1 aromatic carbocycles. The lowest BCUT2D eigenvalue weighted by Crippen LogP contribution is -1.92. The van der Waals surface area contributed by atoms with Crippen molar-refractivity contribution in [2.75, 3.05) is 5.73 Å². The van der Waals surface area contributed by atoms with Gasteiger partial charge in [-0.2, -0.15) is 0 Å². The van der Waals surface area contributed by atoms with Crippen LogP contribution in [0.1, 0.15) is 5.56 Å². The van der Waals surface area contributed by atoms with E-state index in [0.717, 1.165) is 5.56 Å². The van der Waals surface area contributed by atoms with Gasteiger partial charge in [0.05, 0.1) is 10.6 Å². The highest BCUT2D eigenvalue weighted by atomic mass is 35.5. The van der Waals surface area contributed by atoms with Crippen LogP contribution >= 0.6 is 11.6 Å². The number of nitrogens with two attached hydrogens (primary N) is 1. The van der Waals surface area contributed by atoms with E-state index in [0.29, 0.717) is 16.9 Å². The van der Waals surface area contributed by atoms with Gasteiger partial charge in [0.25, 0.3) is 0 Å². The number of rotatable bonds is 2. The molecule has 0 saturated heterocycles. The molecule has 0 aliphatic rings. The second-order valence-electron chi connectivity index (χ2n) is 4.62. The first-order chi connectivity index (χ1) is 10.1. The minimum atomic E-state index is -0.559. The average molecular weight is 304 g/mol. The standard InChI is InChI=1S/C15H11ClFN3O/c1-8-5-9(7-19-6-8)14-12(15(18)20-21-14)10-3-2-4-11(16)13(10)17/h2-7H,1H3,(H2,18,20). The molecule has 0 aliphatic carbocycles. The van der Waals surface area contributed by atoms with E-state index in [4.69, 9.17) is 21.9 Å². The largest absolute Gasteiger partial charge is 0.380 e. The number of nitrogen functional groups attached to an aromatic ring is 1. The van der Waals surface area contributed by atoms with Crippen molar-refractivity contribution in [2.24, 2.45) is 0 Å². The number of hydrogen-bond donors (Lipinski definition) is 1. The van der Waals surface area contributed by atoms with Gasteiger partial charge < -0.3 is 10.3 Å². The molecule has 3 aromatic rings. The number of nitrogens with zero attached hydrogens (tertiary/aromatic N) is 2. The molecule has 3 rings (SSSR count). The molecule has 0 unspecified atom stereocenters. The molecule has 4 nitrogen and oxygen atoms in total. The van der Waals surface area contributed by atoms with Crippen molar-refractivity contribution in [3.05, 3.63) is 53.1 Å². The van der Waals surface area contributed by atoms with Crippen molar-refractivity contribution in [1.82, 2.24) is 10.1 Å². The SMILES string of the molecule is Cc1cncc(-c2onc(N)c2-c2cccc(Cl)c2F)c1. The third kappa shape index (κ3) is 2.36. The van der Waals surface area contributed by atoms with Gasteiger partial charge in [-0.05, 0) is 24.6 Å². The van der Waals surface area contributed by atoms with Crippen LogP contribution in [0.5, 0.6) is 0 Å². The van der Waals surface area contributed by atoms with Gasteiger partial charge in [-0.15, -0.1) is 0 Å². The van der Waals surface area contributed by atoms with E-state index in [2.05, 4.69) is 10.1 Å². The second kappa shape index (κ2) is 5.18. The van der Waals surface area contributed by atoms with Crippen molar-refractivity contribution < 1.29 is 8.91 Å². The summed E-state index contributed by atoms with van der Waals surface area (Å²) < 4.78 is 19.5. The summed E-state index contributed by atoms with van der Waals surface area (Å²) in [5.41, 5.74) is 8.08. The Bertz CT molecular complexity index is 816. The van der Waals surface area contributed by atoms with Crippen LogP contribution < -0.4 is 5.73 Å². The summed E-state index contributed by atoms with van der Waals surface area (Å²) in [5, 5.41) is 3.75. The molecule has 2 aromatic heterocycles. The monoisotopic (exact) mass is 303 g/mol. The first kappa shape index (κ1) is 13.6. The molecule has 21 heavy (non-hydrogen) atoms. The zero-order chi connectivity index (χ0) is 15.0. The van der Waals surface area contributed by atoms with E-state index in [1.807, 2.05) is 13.0 Å². The van der Waals surface area contributed by atoms with Gasteiger partial charge >= 0.3 is 0 Å². The van der Waals surface area contributed by atoms with Gasteiger partial charge in [-0.3, -0.25) is 4.98 Å². The Hall–Kier alpha value is -2.40. The van der Waals surface area contributed by atoms with Crippen LogP contribution in [-0.4, -0.2) is 10.1 Å². The van der Waals surface area contributed by atoms with Crippen LogP contribution in [0.15, 0.2) is 41.2 Å². The lowest BCUT2D eigenvalue weighted by molar-refractivity contribution is 0.436. The average Bonchev–Trinajstić information content (AvgIpc) is 2.84. The Morgan fingerprint density at radius 1 is 1.29 bits per heavy atom. The molecular formula is C15H11ClFN3O. The third-order valence-electron chi connectivity index (χ3n) is 3.08. The van der Waals surface area contributed by atoms with Crippen LogP contribution in [0.4, 0.5) is 10.2 Å². The van der Waals surface area contributed by atoms with Gasteiger partial charge in [0.2, 0.25) is 0 Å². The smallest absolute Gasteiger partial charge is 0.178 e. The van der Waals surface area contributed by atoms with Crippen LogP contribution in [0.2, 0.25) is 5.02 Å². The summed E-state index contributed by atoms with van der Waals surface area (Å²) in [5.74, 6) is -0.0894. The minimum absolute atomic E-state index is 0.0152. The van der Waals surface area contributed by atoms with Crippen molar-refractivity contribution >= 4 is 17.4 Å². The molecule has 0 radical (unpaired) electrons. The van der Waals surface area contributed by atoms with Crippen LogP contribution in [0.25, 0.3) is 22.5 Å². The van der Waals surface area contributed by atoms with Crippen molar-refractivity contribution in [3.63, 3.8) is 0 Å². The third-order valence-corrected chi connectivity index (χ3v) is 3.37. The van der Waals surface area contributed by atoms with Crippen molar-refractivity contribution in [3.8, 4) is 22.5 Å². The first-order valence-electron chi connectivity index (χ1n) is 6.19. The van der Waals surface area contributed by atoms with Crippen LogP contribution in [-0.2, 0) is 0 Å². The summed E-state index contributed by atoms with van der Waals surface area (Å²) in [4.78, 5) is 4.10. The van der Waals surface area contributed by atoms with E-state index in [1.165, 1.54) is 6.07 Å². The number of aryl methyl sites for hydroxylation is 1. The lowest BCUT2D eigenvalue weighted by atomic mass is 10.0. The number of anilines is 1. The first-order valence-corrected chi connectivity index (χ1v) is 6.57. The molecule has 106 valence electrons. The fourth-order valence-electron chi connectivity index (χ4n) is 2.14. The van der Waals surface area contributed by atoms with E-state index in [-0.39, 0.29) is 16.4 Å². The molecule has 0 fully saturated rings.